The highest BCUT2D eigenvalue weighted by Crippen LogP contribution is 2.27. The number of methoxy groups -OCH3 is 1. The van der Waals surface area contributed by atoms with Crippen molar-refractivity contribution in [1.29, 1.82) is 0 Å². The number of benzene rings is 2. The summed E-state index contributed by atoms with van der Waals surface area (Å²) in [6.07, 6.45) is 0. The molecule has 2 aliphatic rings. The SMILES string of the molecule is COc1ccccc1N1CC[NH+]([C@@H](C)C(=O)N2CCN(c3ccccc3)CC2)CC1. The average Bonchev–Trinajstić information content (AvgIpc) is 2.84. The number of nitrogens with one attached hydrogen (secondary N) is 1. The minimum atomic E-state index is 0.00749. The second kappa shape index (κ2) is 9.39. The van der Waals surface area contributed by atoms with E-state index < -0.39 is 0 Å². The van der Waals surface area contributed by atoms with Crippen LogP contribution in [-0.4, -0.2) is 76.3 Å². The second-order valence-corrected chi connectivity index (χ2v) is 8.19. The molecule has 0 bridgehead atoms. The Morgan fingerprint density at radius 1 is 0.867 bits per heavy atom. The fourth-order valence-electron chi connectivity index (χ4n) is 4.63. The van der Waals surface area contributed by atoms with Gasteiger partial charge in [0.1, 0.15) is 5.75 Å². The third-order valence-corrected chi connectivity index (χ3v) is 6.53. The Bertz CT molecular complexity index is 828. The lowest BCUT2D eigenvalue weighted by molar-refractivity contribution is -0.915. The number of carbonyl (C=O) groups is 1. The van der Waals surface area contributed by atoms with Gasteiger partial charge in [0.25, 0.3) is 5.91 Å². The molecule has 30 heavy (non-hydrogen) atoms. The Morgan fingerprint density at radius 3 is 2.17 bits per heavy atom. The third-order valence-electron chi connectivity index (χ3n) is 6.53. The second-order valence-electron chi connectivity index (χ2n) is 8.19. The molecule has 0 saturated carbocycles. The normalized spacial score (nSPS) is 18.9. The molecule has 0 aliphatic carbocycles. The zero-order valence-electron chi connectivity index (χ0n) is 18.1. The van der Waals surface area contributed by atoms with Crippen molar-refractivity contribution in [3.63, 3.8) is 0 Å². The molecule has 4 rings (SSSR count). The van der Waals surface area contributed by atoms with E-state index in [1.165, 1.54) is 10.6 Å². The Hall–Kier alpha value is -2.73. The highest BCUT2D eigenvalue weighted by Gasteiger charge is 2.33. The molecule has 2 aromatic rings. The summed E-state index contributed by atoms with van der Waals surface area (Å²) in [6.45, 7) is 9.32. The van der Waals surface area contributed by atoms with E-state index in [1.54, 1.807) is 7.11 Å². The Balaban J connectivity index is 1.29. The molecule has 1 amide bonds. The minimum Gasteiger partial charge on any atom is -0.495 e. The molecule has 1 N–H and O–H groups in total. The van der Waals surface area contributed by atoms with Gasteiger partial charge < -0.3 is 24.3 Å². The van der Waals surface area contributed by atoms with Crippen LogP contribution in [0.3, 0.4) is 0 Å². The van der Waals surface area contributed by atoms with Gasteiger partial charge in [-0.15, -0.1) is 0 Å². The summed E-state index contributed by atoms with van der Waals surface area (Å²) in [6, 6.07) is 18.7. The predicted molar refractivity (Wildman–Crippen MR) is 121 cm³/mol. The number of amides is 1. The number of quaternary nitrogens is 1. The number of anilines is 2. The Kier molecular flexibility index (Phi) is 6.43. The summed E-state index contributed by atoms with van der Waals surface area (Å²) in [7, 11) is 1.72. The van der Waals surface area contributed by atoms with Crippen LogP contribution in [0.1, 0.15) is 6.92 Å². The maximum Gasteiger partial charge on any atom is 0.280 e. The summed E-state index contributed by atoms with van der Waals surface area (Å²) in [5, 5.41) is 0. The van der Waals surface area contributed by atoms with E-state index in [1.807, 2.05) is 18.2 Å². The van der Waals surface area contributed by atoms with Crippen molar-refractivity contribution < 1.29 is 14.4 Å². The number of ether oxygens (including phenoxy) is 1. The smallest absolute Gasteiger partial charge is 0.280 e. The van der Waals surface area contributed by atoms with Gasteiger partial charge in [0, 0.05) is 31.9 Å². The van der Waals surface area contributed by atoms with Crippen LogP contribution in [0.4, 0.5) is 11.4 Å². The van der Waals surface area contributed by atoms with Crippen molar-refractivity contribution >= 4 is 17.3 Å². The monoisotopic (exact) mass is 409 g/mol. The van der Waals surface area contributed by atoms with E-state index in [0.29, 0.717) is 5.91 Å². The van der Waals surface area contributed by atoms with Gasteiger partial charge in [-0.25, -0.2) is 0 Å². The molecule has 1 atom stereocenters. The summed E-state index contributed by atoms with van der Waals surface area (Å²) in [5.41, 5.74) is 2.39. The molecule has 0 aromatic heterocycles. The van der Waals surface area contributed by atoms with Gasteiger partial charge in [-0.2, -0.15) is 0 Å². The van der Waals surface area contributed by atoms with Crippen LogP contribution in [0.2, 0.25) is 0 Å². The van der Waals surface area contributed by atoms with Gasteiger partial charge in [0.2, 0.25) is 0 Å². The molecule has 6 heteroatoms. The Morgan fingerprint density at radius 2 is 1.50 bits per heavy atom. The van der Waals surface area contributed by atoms with Crippen LogP contribution < -0.4 is 19.4 Å². The number of para-hydroxylation sites is 3. The highest BCUT2D eigenvalue weighted by atomic mass is 16.5. The molecule has 2 aromatic carbocycles. The topological polar surface area (TPSA) is 40.5 Å². The molecule has 2 heterocycles. The number of hydrogen-bond acceptors (Lipinski definition) is 4. The first-order valence-electron chi connectivity index (χ1n) is 11.0. The fourth-order valence-corrected chi connectivity index (χ4v) is 4.63. The van der Waals surface area contributed by atoms with Gasteiger partial charge >= 0.3 is 0 Å². The van der Waals surface area contributed by atoms with Gasteiger partial charge in [-0.1, -0.05) is 30.3 Å². The molecule has 0 radical (unpaired) electrons. The van der Waals surface area contributed by atoms with Crippen LogP contribution in [0, 0.1) is 0 Å². The van der Waals surface area contributed by atoms with E-state index in [2.05, 4.69) is 58.0 Å². The van der Waals surface area contributed by atoms with Crippen molar-refractivity contribution in [3.8, 4) is 5.75 Å². The average molecular weight is 410 g/mol. The molecular weight excluding hydrogens is 376 g/mol. The van der Waals surface area contributed by atoms with Crippen LogP contribution in [-0.2, 0) is 4.79 Å². The molecule has 6 nitrogen and oxygen atoms in total. The van der Waals surface area contributed by atoms with Crippen molar-refractivity contribution in [2.75, 3.05) is 69.3 Å². The quantitative estimate of drug-likeness (QED) is 0.804. The third kappa shape index (κ3) is 4.38. The Labute approximate surface area is 179 Å². The summed E-state index contributed by atoms with van der Waals surface area (Å²) in [5.74, 6) is 1.21. The van der Waals surface area contributed by atoms with Gasteiger partial charge in [0.05, 0.1) is 39.0 Å². The van der Waals surface area contributed by atoms with Crippen LogP contribution >= 0.6 is 0 Å². The van der Waals surface area contributed by atoms with Gasteiger partial charge in [-0.05, 0) is 31.2 Å². The zero-order chi connectivity index (χ0) is 20.9. The lowest BCUT2D eigenvalue weighted by Gasteiger charge is -2.40. The number of hydrogen-bond donors (Lipinski definition) is 1. The van der Waals surface area contributed by atoms with Gasteiger partial charge in [-0.3, -0.25) is 4.79 Å². The largest absolute Gasteiger partial charge is 0.495 e. The number of nitrogens with zero attached hydrogens (tertiary/aromatic N) is 3. The number of rotatable bonds is 5. The highest BCUT2D eigenvalue weighted by molar-refractivity contribution is 5.80. The van der Waals surface area contributed by atoms with Crippen LogP contribution in [0.5, 0.6) is 5.75 Å². The fraction of sp³-hybridized carbons (Fsp3) is 0.458. The molecule has 2 aliphatic heterocycles. The maximum absolute atomic E-state index is 13.1. The number of carbonyl (C=O) groups excluding carboxylic acids is 1. The van der Waals surface area contributed by atoms with Crippen LogP contribution in [0.25, 0.3) is 0 Å². The zero-order valence-corrected chi connectivity index (χ0v) is 18.1. The van der Waals surface area contributed by atoms with Crippen molar-refractivity contribution in [1.82, 2.24) is 4.90 Å². The van der Waals surface area contributed by atoms with Gasteiger partial charge in [0.15, 0.2) is 6.04 Å². The van der Waals surface area contributed by atoms with E-state index in [0.717, 1.165) is 63.8 Å². The maximum atomic E-state index is 13.1. The van der Waals surface area contributed by atoms with E-state index in [4.69, 9.17) is 4.74 Å². The summed E-state index contributed by atoms with van der Waals surface area (Å²) in [4.78, 5) is 21.3. The van der Waals surface area contributed by atoms with Crippen molar-refractivity contribution in [2.45, 2.75) is 13.0 Å². The summed E-state index contributed by atoms with van der Waals surface area (Å²) >= 11 is 0. The summed E-state index contributed by atoms with van der Waals surface area (Å²) < 4.78 is 5.52. The molecule has 2 fully saturated rings. The molecule has 0 spiro atoms. The molecule has 2 saturated heterocycles. The van der Waals surface area contributed by atoms with E-state index >= 15 is 0 Å². The van der Waals surface area contributed by atoms with Crippen molar-refractivity contribution in [3.05, 3.63) is 54.6 Å². The molecule has 0 unspecified atom stereocenters. The van der Waals surface area contributed by atoms with E-state index in [-0.39, 0.29) is 6.04 Å². The lowest BCUT2D eigenvalue weighted by Crippen LogP contribution is -3.19. The minimum absolute atomic E-state index is 0.00749. The molecule has 160 valence electrons. The standard InChI is InChI=1S/C24H32N4O2/c1-20(24(29)28-18-14-26(15-19-28)21-8-4-3-5-9-21)25-12-16-27(17-13-25)22-10-6-7-11-23(22)30-2/h3-11,20H,12-19H2,1-2H3/p+1/t20-/m0/s1. The molecular formula is C24H33N4O2+. The first-order chi connectivity index (χ1) is 14.7. The van der Waals surface area contributed by atoms with E-state index in [9.17, 15) is 4.79 Å². The van der Waals surface area contributed by atoms with Crippen LogP contribution in [0.15, 0.2) is 54.6 Å². The van der Waals surface area contributed by atoms with Crippen molar-refractivity contribution in [2.24, 2.45) is 0 Å². The first-order valence-corrected chi connectivity index (χ1v) is 11.0. The number of piperazine rings is 2. The lowest BCUT2D eigenvalue weighted by atomic mass is 10.1. The first kappa shape index (κ1) is 20.5. The predicted octanol–water partition coefficient (Wildman–Crippen LogP) is 1.14.